The van der Waals surface area contributed by atoms with Crippen LogP contribution in [0.15, 0.2) is 4.99 Å². The van der Waals surface area contributed by atoms with Gasteiger partial charge in [0, 0.05) is 40.3 Å². The summed E-state index contributed by atoms with van der Waals surface area (Å²) in [6, 6.07) is 0. The second-order valence-electron chi connectivity index (χ2n) is 6.71. The molecule has 2 heterocycles. The van der Waals surface area contributed by atoms with Crippen LogP contribution in [0.1, 0.15) is 25.7 Å². The fraction of sp³-hybridized carbons (Fsp3) is 0.882. The molecule has 1 unspecified atom stereocenters. The minimum Gasteiger partial charge on any atom is -0.383 e. The van der Waals surface area contributed by atoms with E-state index in [2.05, 4.69) is 25.4 Å². The van der Waals surface area contributed by atoms with Gasteiger partial charge in [-0.3, -0.25) is 9.79 Å². The van der Waals surface area contributed by atoms with E-state index in [1.807, 2.05) is 0 Å². The minimum atomic E-state index is -0.0303. The van der Waals surface area contributed by atoms with Gasteiger partial charge in [0.15, 0.2) is 5.96 Å². The van der Waals surface area contributed by atoms with Crippen LogP contribution in [0.3, 0.4) is 0 Å². The molecule has 0 aliphatic carbocycles. The normalized spacial score (nSPS) is 21.8. The molecule has 146 valence electrons. The predicted molar refractivity (Wildman–Crippen MR) is 112 cm³/mol. The third kappa shape index (κ3) is 8.08. The lowest BCUT2D eigenvalue weighted by atomic mass is 10.1. The van der Waals surface area contributed by atoms with Gasteiger partial charge < -0.3 is 25.2 Å². The Hall–Kier alpha value is -0.610. The van der Waals surface area contributed by atoms with Gasteiger partial charge in [0.05, 0.1) is 13.2 Å². The Labute approximate surface area is 169 Å². The van der Waals surface area contributed by atoms with E-state index in [1.165, 1.54) is 45.3 Å². The van der Waals surface area contributed by atoms with E-state index in [1.54, 1.807) is 14.2 Å². The molecule has 25 heavy (non-hydrogen) atoms. The Morgan fingerprint density at radius 1 is 1.20 bits per heavy atom. The van der Waals surface area contributed by atoms with Gasteiger partial charge in [-0.25, -0.2) is 0 Å². The zero-order valence-corrected chi connectivity index (χ0v) is 18.0. The van der Waals surface area contributed by atoms with Gasteiger partial charge in [-0.15, -0.1) is 24.0 Å². The summed E-state index contributed by atoms with van der Waals surface area (Å²) < 4.78 is 4.92. The summed E-state index contributed by atoms with van der Waals surface area (Å²) in [6.07, 6.45) is 5.28. The van der Waals surface area contributed by atoms with Crippen molar-refractivity contribution >= 4 is 35.8 Å². The van der Waals surface area contributed by atoms with Crippen molar-refractivity contribution in [3.05, 3.63) is 0 Å². The summed E-state index contributed by atoms with van der Waals surface area (Å²) in [4.78, 5) is 21.0. The molecule has 2 aliphatic heterocycles. The smallest absolute Gasteiger partial charge is 0.239 e. The largest absolute Gasteiger partial charge is 0.383 e. The van der Waals surface area contributed by atoms with E-state index >= 15 is 0 Å². The van der Waals surface area contributed by atoms with Crippen molar-refractivity contribution in [1.29, 1.82) is 0 Å². The number of carbonyl (C=O) groups excluding carboxylic acids is 1. The van der Waals surface area contributed by atoms with Gasteiger partial charge >= 0.3 is 0 Å². The maximum Gasteiger partial charge on any atom is 0.239 e. The third-order valence-electron chi connectivity index (χ3n) is 4.80. The summed E-state index contributed by atoms with van der Waals surface area (Å²) in [6.45, 7) is 7.08. The van der Waals surface area contributed by atoms with Crippen LogP contribution >= 0.6 is 24.0 Å². The molecule has 2 rings (SSSR count). The van der Waals surface area contributed by atoms with Crippen LogP contribution in [0, 0.1) is 5.92 Å². The van der Waals surface area contributed by atoms with Crippen molar-refractivity contribution in [3.8, 4) is 0 Å². The van der Waals surface area contributed by atoms with Crippen LogP contribution in [0.4, 0.5) is 0 Å². The first-order valence-corrected chi connectivity index (χ1v) is 9.16. The lowest BCUT2D eigenvalue weighted by Crippen LogP contribution is -2.45. The summed E-state index contributed by atoms with van der Waals surface area (Å²) in [5.74, 6) is 1.51. The van der Waals surface area contributed by atoms with Gasteiger partial charge in [0.2, 0.25) is 5.91 Å². The molecule has 0 aromatic rings. The molecule has 2 N–H and O–H groups in total. The molecule has 0 bridgehead atoms. The molecule has 0 aromatic carbocycles. The number of nitrogens with zero attached hydrogens (tertiary/aromatic N) is 3. The molecule has 0 radical (unpaired) electrons. The van der Waals surface area contributed by atoms with Crippen LogP contribution in [0.2, 0.25) is 0 Å². The highest BCUT2D eigenvalue weighted by Crippen LogP contribution is 2.19. The first-order chi connectivity index (χ1) is 11.7. The van der Waals surface area contributed by atoms with Gasteiger partial charge in [-0.1, -0.05) is 6.42 Å². The third-order valence-corrected chi connectivity index (χ3v) is 4.80. The van der Waals surface area contributed by atoms with Gasteiger partial charge in [-0.2, -0.15) is 0 Å². The molecule has 2 fully saturated rings. The summed E-state index contributed by atoms with van der Waals surface area (Å²) in [5, 5.41) is 5.98. The molecular formula is C17H34IN5O2. The summed E-state index contributed by atoms with van der Waals surface area (Å²) >= 11 is 0. The van der Waals surface area contributed by atoms with E-state index in [4.69, 9.17) is 4.74 Å². The predicted octanol–water partition coefficient (Wildman–Crippen LogP) is 0.750. The van der Waals surface area contributed by atoms with Crippen LogP contribution in [-0.4, -0.2) is 88.2 Å². The van der Waals surface area contributed by atoms with Crippen molar-refractivity contribution in [2.45, 2.75) is 25.7 Å². The SMILES string of the molecule is CN=C(NCC(=O)NCCOC)N1CCC(CN2CCCCC2)C1.I. The average Bonchev–Trinajstić information content (AvgIpc) is 3.05. The maximum absolute atomic E-state index is 11.8. The number of likely N-dealkylation sites (tertiary alicyclic amines) is 2. The lowest BCUT2D eigenvalue weighted by molar-refractivity contribution is -0.120. The molecule has 1 atom stereocenters. The number of methoxy groups -OCH3 is 1. The first-order valence-electron chi connectivity index (χ1n) is 9.16. The zero-order valence-electron chi connectivity index (χ0n) is 15.6. The highest BCUT2D eigenvalue weighted by molar-refractivity contribution is 14.0. The van der Waals surface area contributed by atoms with Crippen LogP contribution in [0.5, 0.6) is 0 Å². The quantitative estimate of drug-likeness (QED) is 0.250. The number of hydrogen-bond donors (Lipinski definition) is 2. The van der Waals surface area contributed by atoms with Gasteiger partial charge in [0.1, 0.15) is 0 Å². The monoisotopic (exact) mass is 467 g/mol. The minimum absolute atomic E-state index is 0. The van der Waals surface area contributed by atoms with Crippen molar-refractivity contribution in [3.63, 3.8) is 0 Å². The van der Waals surface area contributed by atoms with Crippen LogP contribution in [0.25, 0.3) is 0 Å². The molecule has 8 heteroatoms. The van der Waals surface area contributed by atoms with Gasteiger partial charge in [0.25, 0.3) is 0 Å². The molecule has 0 spiro atoms. The number of nitrogens with one attached hydrogen (secondary N) is 2. The lowest BCUT2D eigenvalue weighted by Gasteiger charge is -2.29. The van der Waals surface area contributed by atoms with Crippen LogP contribution in [-0.2, 0) is 9.53 Å². The van der Waals surface area contributed by atoms with E-state index in [9.17, 15) is 4.79 Å². The molecule has 7 nitrogen and oxygen atoms in total. The number of piperidine rings is 1. The standard InChI is InChI=1S/C17H33N5O2.HI/c1-18-17(20-12-16(23)19-7-11-24-2)22-10-6-15(14-22)13-21-8-4-3-5-9-21;/h15H,3-14H2,1-2H3,(H,18,20)(H,19,23);1H. The Balaban J connectivity index is 0.00000312. The van der Waals surface area contributed by atoms with Gasteiger partial charge in [-0.05, 0) is 38.3 Å². The van der Waals surface area contributed by atoms with E-state index in [0.717, 1.165) is 19.0 Å². The Bertz CT molecular complexity index is 416. The van der Waals surface area contributed by atoms with E-state index < -0.39 is 0 Å². The van der Waals surface area contributed by atoms with E-state index in [-0.39, 0.29) is 36.4 Å². The Morgan fingerprint density at radius 3 is 2.64 bits per heavy atom. The number of hydrogen-bond acceptors (Lipinski definition) is 4. The van der Waals surface area contributed by atoms with Crippen molar-refractivity contribution in [2.24, 2.45) is 10.9 Å². The molecule has 0 saturated carbocycles. The highest BCUT2D eigenvalue weighted by atomic mass is 127. The number of amides is 1. The number of aliphatic imine (C=N–C) groups is 1. The van der Waals surface area contributed by atoms with Crippen LogP contribution < -0.4 is 10.6 Å². The van der Waals surface area contributed by atoms with Crippen molar-refractivity contribution in [2.75, 3.05) is 66.6 Å². The molecule has 0 aromatic heterocycles. The maximum atomic E-state index is 11.8. The summed E-state index contributed by atoms with van der Waals surface area (Å²) in [7, 11) is 3.41. The van der Waals surface area contributed by atoms with E-state index in [0.29, 0.717) is 19.1 Å². The Kier molecular flexibility index (Phi) is 11.4. The number of halogens is 1. The average molecular weight is 467 g/mol. The zero-order chi connectivity index (χ0) is 17.2. The fourth-order valence-electron chi connectivity index (χ4n) is 3.53. The van der Waals surface area contributed by atoms with Crippen molar-refractivity contribution < 1.29 is 9.53 Å². The number of ether oxygens (including phenoxy) is 1. The second kappa shape index (κ2) is 12.7. The number of carbonyl (C=O) groups is 1. The Morgan fingerprint density at radius 2 is 1.96 bits per heavy atom. The summed E-state index contributed by atoms with van der Waals surface area (Å²) in [5.41, 5.74) is 0. The number of rotatable bonds is 7. The molecular weight excluding hydrogens is 433 g/mol. The second-order valence-corrected chi connectivity index (χ2v) is 6.71. The fourth-order valence-corrected chi connectivity index (χ4v) is 3.53. The molecule has 2 aliphatic rings. The highest BCUT2D eigenvalue weighted by Gasteiger charge is 2.27. The molecule has 1 amide bonds. The first kappa shape index (κ1) is 22.4. The van der Waals surface area contributed by atoms with Crippen molar-refractivity contribution in [1.82, 2.24) is 20.4 Å². The topological polar surface area (TPSA) is 69.2 Å². The molecule has 2 saturated heterocycles. The number of guanidine groups is 1.